The van der Waals surface area contributed by atoms with E-state index >= 15 is 0 Å². The summed E-state index contributed by atoms with van der Waals surface area (Å²) in [5, 5.41) is 0. The number of halogens is 13. The highest BCUT2D eigenvalue weighted by Crippen LogP contribution is 2.62. The highest BCUT2D eigenvalue weighted by atomic mass is 19.4. The van der Waals surface area contributed by atoms with Crippen LogP contribution in [0.25, 0.3) is 0 Å². The van der Waals surface area contributed by atoms with Crippen molar-refractivity contribution in [2.24, 2.45) is 5.73 Å². The van der Waals surface area contributed by atoms with Gasteiger partial charge in [-0.3, -0.25) is 0 Å². The van der Waals surface area contributed by atoms with Crippen molar-refractivity contribution in [2.75, 3.05) is 6.54 Å². The minimum Gasteiger partial charge on any atom is -0.330 e. The molecule has 0 heterocycles. The number of alkyl halides is 13. The first-order valence-electron chi connectivity index (χ1n) is 4.97. The third-order valence-electron chi connectivity index (χ3n) is 2.53. The molecule has 0 saturated heterocycles. The topological polar surface area (TPSA) is 26.0 Å². The van der Waals surface area contributed by atoms with Gasteiger partial charge < -0.3 is 5.73 Å². The van der Waals surface area contributed by atoms with Crippen molar-refractivity contribution in [3.8, 4) is 0 Å². The molecule has 0 spiro atoms. The predicted molar refractivity (Wildman–Crippen MR) is 44.5 cm³/mol. The molecule has 0 bridgehead atoms. The number of hydrogen-bond donors (Lipinski definition) is 1. The average Bonchev–Trinajstić information content (AvgIpc) is 2.23. The minimum absolute atomic E-state index is 1.49. The van der Waals surface area contributed by atoms with Gasteiger partial charge in [-0.25, -0.2) is 4.39 Å². The van der Waals surface area contributed by atoms with E-state index in [4.69, 9.17) is 0 Å². The van der Waals surface area contributed by atoms with E-state index < -0.39 is 48.8 Å². The second-order valence-electron chi connectivity index (χ2n) is 4.05. The largest absolute Gasteiger partial charge is 0.438 e. The van der Waals surface area contributed by atoms with Crippen molar-refractivity contribution in [3.63, 3.8) is 0 Å². The minimum atomic E-state index is -7.89. The first kappa shape index (κ1) is 21.0. The molecule has 134 valence electrons. The summed E-state index contributed by atoms with van der Waals surface area (Å²) in [4.78, 5) is 0. The van der Waals surface area contributed by atoms with Crippen LogP contribution in [0, 0.1) is 0 Å². The van der Waals surface area contributed by atoms with Gasteiger partial charge in [0.05, 0.1) is 0 Å². The molecular weight excluding hydrogens is 357 g/mol. The summed E-state index contributed by atoms with van der Waals surface area (Å²) in [6.45, 7) is -1.49. The van der Waals surface area contributed by atoms with Crippen LogP contribution >= 0.6 is 0 Å². The molecule has 0 aliphatic rings. The van der Waals surface area contributed by atoms with Gasteiger partial charge in [0.25, 0.3) is 0 Å². The molecule has 1 nitrogen and oxygen atoms in total. The Morgan fingerprint density at radius 1 is 0.545 bits per heavy atom. The lowest BCUT2D eigenvalue weighted by atomic mass is 9.87. The Morgan fingerprint density at radius 2 is 0.864 bits per heavy atom. The van der Waals surface area contributed by atoms with E-state index in [9.17, 15) is 57.1 Å². The lowest BCUT2D eigenvalue weighted by molar-refractivity contribution is -0.444. The van der Waals surface area contributed by atoms with Crippen molar-refractivity contribution in [2.45, 2.75) is 42.2 Å². The lowest BCUT2D eigenvalue weighted by Gasteiger charge is -2.41. The van der Waals surface area contributed by atoms with Crippen molar-refractivity contribution in [1.82, 2.24) is 0 Å². The molecular formula is C8H6F13N. The van der Waals surface area contributed by atoms with Gasteiger partial charge in [-0.1, -0.05) is 0 Å². The first-order valence-corrected chi connectivity index (χ1v) is 4.97. The molecule has 0 atom stereocenters. The molecule has 0 aliphatic carbocycles. The summed E-state index contributed by atoms with van der Waals surface area (Å²) in [5.74, 6) is -21.3. The normalized spacial score (nSPS) is 16.1. The lowest BCUT2D eigenvalue weighted by Crippen LogP contribution is -2.73. The smallest absolute Gasteiger partial charge is 0.330 e. The molecule has 0 aromatic heterocycles. The molecule has 0 aliphatic heterocycles. The monoisotopic (exact) mass is 363 g/mol. The maximum Gasteiger partial charge on any atom is 0.438 e. The van der Waals surface area contributed by atoms with Crippen molar-refractivity contribution >= 4 is 0 Å². The molecule has 14 heteroatoms. The van der Waals surface area contributed by atoms with E-state index in [2.05, 4.69) is 5.73 Å². The third-order valence-corrected chi connectivity index (χ3v) is 2.53. The van der Waals surface area contributed by atoms with Gasteiger partial charge in [-0.05, 0) is 6.54 Å². The van der Waals surface area contributed by atoms with E-state index in [1.54, 1.807) is 0 Å². The predicted octanol–water partition coefficient (Wildman–Crippen LogP) is 4.07. The van der Waals surface area contributed by atoms with Gasteiger partial charge in [-0.15, -0.1) is 0 Å². The Morgan fingerprint density at radius 3 is 1.09 bits per heavy atom. The van der Waals surface area contributed by atoms with Gasteiger partial charge in [0.15, 0.2) is 0 Å². The molecule has 2 N–H and O–H groups in total. The molecule has 0 fully saturated rings. The van der Waals surface area contributed by atoms with Crippen molar-refractivity contribution in [1.29, 1.82) is 0 Å². The third kappa shape index (κ3) is 2.69. The first-order chi connectivity index (χ1) is 9.31. The maximum atomic E-state index is 13.0. The second kappa shape index (κ2) is 5.30. The fourth-order valence-corrected chi connectivity index (χ4v) is 1.30. The molecule has 0 saturated carbocycles. The molecule has 0 amide bonds. The van der Waals surface area contributed by atoms with Gasteiger partial charge in [-0.2, -0.15) is 52.7 Å². The fraction of sp³-hybridized carbons (Fsp3) is 1.00. The molecule has 0 unspecified atom stereocenters. The van der Waals surface area contributed by atoms with E-state index in [0.717, 1.165) is 0 Å². The number of hydrogen-bond acceptors (Lipinski definition) is 1. The van der Waals surface area contributed by atoms with Crippen LogP contribution in [0.3, 0.4) is 0 Å². The second-order valence-corrected chi connectivity index (χ2v) is 4.05. The summed E-state index contributed by atoms with van der Waals surface area (Å²) in [6.07, 6.45) is -17.7. The molecule has 0 aromatic rings. The van der Waals surface area contributed by atoms with Crippen molar-refractivity contribution in [3.05, 3.63) is 0 Å². The molecule has 0 rings (SSSR count). The van der Waals surface area contributed by atoms with Gasteiger partial charge >= 0.3 is 35.8 Å². The quantitative estimate of drug-likeness (QED) is 0.733. The van der Waals surface area contributed by atoms with Crippen LogP contribution in [0.5, 0.6) is 0 Å². The van der Waals surface area contributed by atoms with Gasteiger partial charge in [0.1, 0.15) is 0 Å². The van der Waals surface area contributed by atoms with Crippen LogP contribution in [0.2, 0.25) is 0 Å². The van der Waals surface area contributed by atoms with Crippen LogP contribution in [0.4, 0.5) is 57.1 Å². The zero-order chi connectivity index (χ0) is 18.4. The Kier molecular flexibility index (Phi) is 5.07. The van der Waals surface area contributed by atoms with E-state index in [1.165, 1.54) is 0 Å². The van der Waals surface area contributed by atoms with Crippen LogP contribution in [-0.4, -0.2) is 42.3 Å². The van der Waals surface area contributed by atoms with Crippen molar-refractivity contribution < 1.29 is 57.1 Å². The molecule has 0 radical (unpaired) electrons. The summed E-state index contributed by atoms with van der Waals surface area (Å²) in [6, 6.07) is 0. The maximum absolute atomic E-state index is 13.0. The Bertz CT molecular complexity index is 378. The fourth-order valence-electron chi connectivity index (χ4n) is 1.30. The van der Waals surface area contributed by atoms with Crippen LogP contribution in [-0.2, 0) is 0 Å². The SMILES string of the molecule is NCCC(F)(F)C(F)(F)C(F)(F)C(F)(C(F)(F)F)C(F)(F)F. The number of rotatable bonds is 5. The standard InChI is InChI=1S/C8H6F13N/c9-3(10,1-2-22)5(12,13)6(14,15)4(11,7(16,17)18)8(19,20)21/h1-2,22H2. The Hall–Kier alpha value is -0.950. The van der Waals surface area contributed by atoms with Crippen LogP contribution < -0.4 is 5.73 Å². The van der Waals surface area contributed by atoms with E-state index in [0.29, 0.717) is 0 Å². The zero-order valence-electron chi connectivity index (χ0n) is 9.91. The highest BCUT2D eigenvalue weighted by Gasteiger charge is 2.93. The zero-order valence-corrected chi connectivity index (χ0v) is 9.91. The number of nitrogens with two attached hydrogens (primary N) is 1. The van der Waals surface area contributed by atoms with E-state index in [1.807, 2.05) is 0 Å². The summed E-state index contributed by atoms with van der Waals surface area (Å²) in [5.41, 5.74) is -3.56. The van der Waals surface area contributed by atoms with Gasteiger partial charge in [0, 0.05) is 6.42 Å². The van der Waals surface area contributed by atoms with Gasteiger partial charge in [0.2, 0.25) is 0 Å². The molecule has 22 heavy (non-hydrogen) atoms. The highest BCUT2D eigenvalue weighted by molar-refractivity contribution is 5.14. The van der Waals surface area contributed by atoms with E-state index in [-0.39, 0.29) is 0 Å². The summed E-state index contributed by atoms with van der Waals surface area (Å²) in [7, 11) is 0. The summed E-state index contributed by atoms with van der Waals surface area (Å²) >= 11 is 0. The Balaban J connectivity index is 6.38. The Labute approximate surface area is 113 Å². The van der Waals surface area contributed by atoms with Crippen LogP contribution in [0.15, 0.2) is 0 Å². The summed E-state index contributed by atoms with van der Waals surface area (Å²) < 4.78 is 163. The average molecular weight is 363 g/mol. The van der Waals surface area contributed by atoms with Crippen LogP contribution in [0.1, 0.15) is 6.42 Å². The molecule has 0 aromatic carbocycles.